The molecule has 2 N–H and O–H groups in total. The summed E-state index contributed by atoms with van der Waals surface area (Å²) in [7, 11) is 0. The van der Waals surface area contributed by atoms with Gasteiger partial charge in [-0.1, -0.05) is 17.7 Å². The molecule has 98 valence electrons. The molecule has 0 fully saturated rings. The summed E-state index contributed by atoms with van der Waals surface area (Å²) in [5, 5.41) is 11.0. The highest BCUT2D eigenvalue weighted by Crippen LogP contribution is 2.13. The fraction of sp³-hybridized carbons (Fsp3) is 0.364. The summed E-state index contributed by atoms with van der Waals surface area (Å²) in [6, 6.07) is 3.51. The second-order valence-corrected chi connectivity index (χ2v) is 4.12. The van der Waals surface area contributed by atoms with Gasteiger partial charge in [-0.3, -0.25) is 5.73 Å². The summed E-state index contributed by atoms with van der Waals surface area (Å²) in [5.74, 6) is -0.334. The topological polar surface area (TPSA) is 85.3 Å². The highest BCUT2D eigenvalue weighted by atomic mass is 35.5. The Morgan fingerprint density at radius 1 is 1.61 bits per heavy atom. The Morgan fingerprint density at radius 3 is 2.72 bits per heavy atom. The van der Waals surface area contributed by atoms with Gasteiger partial charge >= 0.3 is 5.82 Å². The van der Waals surface area contributed by atoms with Crippen LogP contribution in [0.1, 0.15) is 19.4 Å². The van der Waals surface area contributed by atoms with Gasteiger partial charge in [0.25, 0.3) is 0 Å². The van der Waals surface area contributed by atoms with Gasteiger partial charge in [0, 0.05) is 19.3 Å². The first-order chi connectivity index (χ1) is 8.45. The molecule has 7 heteroatoms. The van der Waals surface area contributed by atoms with Crippen molar-refractivity contribution in [1.29, 1.82) is 0 Å². The van der Waals surface area contributed by atoms with Gasteiger partial charge < -0.3 is 15.0 Å². The molecular formula is C11H15ClN4O2. The van der Waals surface area contributed by atoms with Crippen molar-refractivity contribution in [2.24, 2.45) is 5.73 Å². The Balaban J connectivity index is 2.88. The van der Waals surface area contributed by atoms with Crippen LogP contribution in [0.25, 0.3) is 0 Å². The number of hydrogen-bond donors (Lipinski definition) is 1. The number of nitrogens with zero attached hydrogens (tertiary/aromatic N) is 3. The highest BCUT2D eigenvalue weighted by Gasteiger charge is 2.14. The molecule has 0 saturated heterocycles. The Hall–Kier alpha value is -1.82. The van der Waals surface area contributed by atoms with Crippen molar-refractivity contribution < 1.29 is 4.92 Å². The Morgan fingerprint density at radius 2 is 2.28 bits per heavy atom. The zero-order valence-corrected chi connectivity index (χ0v) is 11.0. The van der Waals surface area contributed by atoms with Crippen LogP contribution >= 0.6 is 11.6 Å². The number of rotatable bonds is 5. The Bertz CT molecular complexity index is 459. The predicted octanol–water partition coefficient (Wildman–Crippen LogP) is 1.98. The number of aromatic nitrogens is 1. The van der Waals surface area contributed by atoms with Crippen LogP contribution in [0, 0.1) is 10.1 Å². The van der Waals surface area contributed by atoms with Crippen molar-refractivity contribution in [2.75, 3.05) is 6.54 Å². The van der Waals surface area contributed by atoms with Gasteiger partial charge in [-0.2, -0.15) is 0 Å². The third-order valence-electron chi connectivity index (χ3n) is 2.59. The zero-order valence-electron chi connectivity index (χ0n) is 10.3. The standard InChI is InChI=1S/C11H15ClN4O2/c1-3-15(8(2)11(13)16(17)18)7-9-4-5-10(12)14-6-9/h4-6H,3,7,13H2,1-2H3. The normalized spacial score (nSPS) is 11.9. The molecule has 1 rings (SSSR count). The average molecular weight is 271 g/mol. The van der Waals surface area contributed by atoms with Crippen LogP contribution in [0.3, 0.4) is 0 Å². The minimum Gasteiger partial charge on any atom is -0.364 e. The third kappa shape index (κ3) is 3.59. The van der Waals surface area contributed by atoms with Crippen LogP contribution in [-0.2, 0) is 6.54 Å². The molecule has 0 saturated carbocycles. The maximum Gasteiger partial charge on any atom is 0.333 e. The molecule has 1 heterocycles. The largest absolute Gasteiger partial charge is 0.364 e. The van der Waals surface area contributed by atoms with Crippen LogP contribution in [-0.4, -0.2) is 21.4 Å². The molecular weight excluding hydrogens is 256 g/mol. The predicted molar refractivity (Wildman–Crippen MR) is 69.2 cm³/mol. The zero-order chi connectivity index (χ0) is 13.7. The van der Waals surface area contributed by atoms with E-state index in [4.69, 9.17) is 17.3 Å². The van der Waals surface area contributed by atoms with E-state index in [1.165, 1.54) is 0 Å². The molecule has 18 heavy (non-hydrogen) atoms. The van der Waals surface area contributed by atoms with Gasteiger partial charge in [0.05, 0.1) is 0 Å². The summed E-state index contributed by atoms with van der Waals surface area (Å²) in [6.07, 6.45) is 1.64. The van der Waals surface area contributed by atoms with Crippen molar-refractivity contribution >= 4 is 11.6 Å². The molecule has 0 atom stereocenters. The molecule has 0 amide bonds. The lowest BCUT2D eigenvalue weighted by Crippen LogP contribution is -2.26. The molecule has 1 aromatic heterocycles. The van der Waals surface area contributed by atoms with E-state index < -0.39 is 4.92 Å². The molecule has 0 aromatic carbocycles. The summed E-state index contributed by atoms with van der Waals surface area (Å²) in [5.41, 5.74) is 6.77. The SMILES string of the molecule is CCN(Cc1ccc(Cl)nc1)C(C)=C(N)[N+](=O)[O-]. The maximum atomic E-state index is 10.6. The van der Waals surface area contributed by atoms with E-state index in [1.807, 2.05) is 17.9 Å². The highest BCUT2D eigenvalue weighted by molar-refractivity contribution is 6.29. The van der Waals surface area contributed by atoms with Gasteiger partial charge in [-0.15, -0.1) is 0 Å². The van der Waals surface area contributed by atoms with E-state index in [0.717, 1.165) is 5.56 Å². The minimum absolute atomic E-state index is 0.334. The average Bonchev–Trinajstić information content (AvgIpc) is 2.36. The van der Waals surface area contributed by atoms with E-state index in [2.05, 4.69) is 4.98 Å². The van der Waals surface area contributed by atoms with Gasteiger partial charge in [0.15, 0.2) is 0 Å². The van der Waals surface area contributed by atoms with Crippen molar-refractivity contribution in [3.05, 3.63) is 50.7 Å². The van der Waals surface area contributed by atoms with Crippen molar-refractivity contribution in [3.8, 4) is 0 Å². The number of nitrogens with two attached hydrogens (primary N) is 1. The van der Waals surface area contributed by atoms with Crippen LogP contribution in [0.5, 0.6) is 0 Å². The van der Waals surface area contributed by atoms with E-state index in [1.54, 1.807) is 19.2 Å². The molecule has 0 aliphatic rings. The first-order valence-electron chi connectivity index (χ1n) is 5.41. The lowest BCUT2D eigenvalue weighted by Gasteiger charge is -2.22. The first-order valence-corrected chi connectivity index (χ1v) is 5.79. The number of pyridine rings is 1. The van der Waals surface area contributed by atoms with Crippen LogP contribution in [0.15, 0.2) is 29.8 Å². The fourth-order valence-corrected chi connectivity index (χ4v) is 1.59. The van der Waals surface area contributed by atoms with Crippen LogP contribution in [0.2, 0.25) is 5.15 Å². The quantitative estimate of drug-likeness (QED) is 0.502. The number of halogens is 1. The Labute approximate surface area is 110 Å². The van der Waals surface area contributed by atoms with Crippen LogP contribution < -0.4 is 5.73 Å². The number of allylic oxidation sites excluding steroid dienone is 1. The van der Waals surface area contributed by atoms with E-state index >= 15 is 0 Å². The lowest BCUT2D eigenvalue weighted by molar-refractivity contribution is -0.428. The molecule has 0 aliphatic heterocycles. The van der Waals surface area contributed by atoms with Crippen molar-refractivity contribution in [2.45, 2.75) is 20.4 Å². The molecule has 6 nitrogen and oxygen atoms in total. The smallest absolute Gasteiger partial charge is 0.333 e. The third-order valence-corrected chi connectivity index (χ3v) is 2.81. The number of nitro groups is 1. The monoisotopic (exact) mass is 270 g/mol. The lowest BCUT2D eigenvalue weighted by atomic mass is 10.2. The van der Waals surface area contributed by atoms with Gasteiger partial charge in [0.2, 0.25) is 0 Å². The van der Waals surface area contributed by atoms with E-state index in [9.17, 15) is 10.1 Å². The summed E-state index contributed by atoms with van der Waals surface area (Å²) in [6.45, 7) is 4.65. The van der Waals surface area contributed by atoms with Crippen molar-refractivity contribution in [3.63, 3.8) is 0 Å². The molecule has 0 spiro atoms. The summed E-state index contributed by atoms with van der Waals surface area (Å²) < 4.78 is 0. The van der Waals surface area contributed by atoms with E-state index in [-0.39, 0.29) is 5.82 Å². The van der Waals surface area contributed by atoms with Crippen molar-refractivity contribution in [1.82, 2.24) is 9.88 Å². The van der Waals surface area contributed by atoms with E-state index in [0.29, 0.717) is 23.9 Å². The summed E-state index contributed by atoms with van der Waals surface area (Å²) >= 11 is 5.69. The second-order valence-electron chi connectivity index (χ2n) is 3.73. The molecule has 0 aliphatic carbocycles. The number of hydrogen-bond acceptors (Lipinski definition) is 5. The molecule has 1 aromatic rings. The van der Waals surface area contributed by atoms with Gasteiger partial charge in [-0.25, -0.2) is 4.98 Å². The maximum absolute atomic E-state index is 10.6. The molecule has 0 bridgehead atoms. The van der Waals surface area contributed by atoms with Crippen LogP contribution in [0.4, 0.5) is 0 Å². The first kappa shape index (κ1) is 14.2. The second kappa shape index (κ2) is 6.20. The Kier molecular flexibility index (Phi) is 4.91. The molecule has 0 radical (unpaired) electrons. The van der Waals surface area contributed by atoms with Gasteiger partial charge in [-0.05, 0) is 30.4 Å². The molecule has 0 unspecified atom stereocenters. The fourth-order valence-electron chi connectivity index (χ4n) is 1.48. The van der Waals surface area contributed by atoms with Gasteiger partial charge in [0.1, 0.15) is 10.9 Å². The minimum atomic E-state index is -0.585. The summed E-state index contributed by atoms with van der Waals surface area (Å²) in [4.78, 5) is 15.8.